The summed E-state index contributed by atoms with van der Waals surface area (Å²) >= 11 is 1.28. The molecule has 1 amide bonds. The zero-order valence-electron chi connectivity index (χ0n) is 17.5. The van der Waals surface area contributed by atoms with E-state index in [1.54, 1.807) is 0 Å². The number of aromatic amines is 1. The Morgan fingerprint density at radius 3 is 2.53 bits per heavy atom. The Labute approximate surface area is 190 Å². The van der Waals surface area contributed by atoms with Gasteiger partial charge in [-0.05, 0) is 61.0 Å². The van der Waals surface area contributed by atoms with Crippen molar-refractivity contribution < 1.29 is 9.53 Å². The molecule has 0 unspecified atom stereocenters. The van der Waals surface area contributed by atoms with Gasteiger partial charge in [-0.3, -0.25) is 9.89 Å². The first kappa shape index (κ1) is 21.5. The number of aryl methyl sites for hydroxylation is 1. The summed E-state index contributed by atoms with van der Waals surface area (Å²) in [5, 5.41) is 13.8. The molecular weight excluding hydrogens is 422 g/mol. The summed E-state index contributed by atoms with van der Waals surface area (Å²) in [4.78, 5) is 16.7. The van der Waals surface area contributed by atoms with Crippen molar-refractivity contribution in [2.45, 2.75) is 18.6 Å². The van der Waals surface area contributed by atoms with Gasteiger partial charge < -0.3 is 15.4 Å². The number of thioether (sulfide) groups is 1. The largest absolute Gasteiger partial charge is 0.457 e. The first-order valence-electron chi connectivity index (χ1n) is 10.1. The fraction of sp³-hybridized carbons (Fsp3) is 0.125. The zero-order chi connectivity index (χ0) is 22.2. The van der Waals surface area contributed by atoms with Crippen LogP contribution in [0.2, 0.25) is 0 Å². The predicted molar refractivity (Wildman–Crippen MR) is 127 cm³/mol. The standard InChI is InChI=1S/C24H23N5O2S/c1-17-6-5-7-19(14-17)25-15-22-27-24(29-28-22)32-16-23(30)26-18-10-12-21(13-11-18)31-20-8-3-2-4-9-20/h2-14,25H,15-16H2,1H3,(H,26,30)(H,27,28,29). The monoisotopic (exact) mass is 445 g/mol. The number of aromatic nitrogens is 3. The number of ether oxygens (including phenoxy) is 1. The maximum absolute atomic E-state index is 12.3. The Balaban J connectivity index is 1.22. The average Bonchev–Trinajstić information content (AvgIpc) is 3.26. The van der Waals surface area contributed by atoms with Crippen molar-refractivity contribution >= 4 is 29.0 Å². The van der Waals surface area contributed by atoms with Crippen LogP contribution in [0.1, 0.15) is 11.4 Å². The van der Waals surface area contributed by atoms with Crippen LogP contribution in [-0.4, -0.2) is 26.8 Å². The number of carbonyl (C=O) groups excluding carboxylic acids is 1. The highest BCUT2D eigenvalue weighted by Crippen LogP contribution is 2.23. The van der Waals surface area contributed by atoms with E-state index >= 15 is 0 Å². The summed E-state index contributed by atoms with van der Waals surface area (Å²) in [5.41, 5.74) is 2.91. The van der Waals surface area contributed by atoms with Gasteiger partial charge in [-0.1, -0.05) is 42.1 Å². The molecule has 1 heterocycles. The number of nitrogens with zero attached hydrogens (tertiary/aromatic N) is 2. The average molecular weight is 446 g/mol. The number of hydrogen-bond acceptors (Lipinski definition) is 6. The molecule has 0 bridgehead atoms. The van der Waals surface area contributed by atoms with Crippen molar-refractivity contribution in [2.75, 3.05) is 16.4 Å². The van der Waals surface area contributed by atoms with E-state index in [4.69, 9.17) is 4.74 Å². The van der Waals surface area contributed by atoms with Crippen LogP contribution in [0.3, 0.4) is 0 Å². The van der Waals surface area contributed by atoms with Gasteiger partial charge in [0.25, 0.3) is 0 Å². The van der Waals surface area contributed by atoms with Crippen LogP contribution >= 0.6 is 11.8 Å². The van der Waals surface area contributed by atoms with Crippen molar-refractivity contribution in [1.29, 1.82) is 0 Å². The van der Waals surface area contributed by atoms with Gasteiger partial charge in [0.1, 0.15) is 17.3 Å². The molecule has 3 aromatic carbocycles. The Morgan fingerprint density at radius 1 is 0.969 bits per heavy atom. The van der Waals surface area contributed by atoms with Crippen molar-refractivity contribution in [3.8, 4) is 11.5 Å². The van der Waals surface area contributed by atoms with E-state index in [1.165, 1.54) is 17.3 Å². The molecule has 3 N–H and O–H groups in total. The van der Waals surface area contributed by atoms with E-state index in [1.807, 2.05) is 79.7 Å². The SMILES string of the molecule is Cc1cccc(NCc2nc(SCC(=O)Nc3ccc(Oc4ccccc4)cc3)n[nH]2)c1. The Kier molecular flexibility index (Phi) is 7.04. The molecule has 8 heteroatoms. The number of hydrogen-bond donors (Lipinski definition) is 3. The highest BCUT2D eigenvalue weighted by molar-refractivity contribution is 7.99. The lowest BCUT2D eigenvalue weighted by molar-refractivity contribution is -0.113. The van der Waals surface area contributed by atoms with Crippen molar-refractivity contribution in [1.82, 2.24) is 15.2 Å². The fourth-order valence-electron chi connectivity index (χ4n) is 2.92. The molecule has 1 aromatic heterocycles. The molecule has 4 aromatic rings. The summed E-state index contributed by atoms with van der Waals surface area (Å²) in [6.07, 6.45) is 0. The third-order valence-corrected chi connectivity index (χ3v) is 5.29. The van der Waals surface area contributed by atoms with Crippen LogP contribution in [0.15, 0.2) is 84.0 Å². The molecule has 0 radical (unpaired) electrons. The summed E-state index contributed by atoms with van der Waals surface area (Å²) in [5.74, 6) is 2.27. The highest BCUT2D eigenvalue weighted by Gasteiger charge is 2.09. The third kappa shape index (κ3) is 6.36. The first-order chi connectivity index (χ1) is 15.6. The summed E-state index contributed by atoms with van der Waals surface area (Å²) < 4.78 is 5.76. The topological polar surface area (TPSA) is 91.9 Å². The lowest BCUT2D eigenvalue weighted by atomic mass is 10.2. The van der Waals surface area contributed by atoms with E-state index in [0.717, 1.165) is 11.4 Å². The highest BCUT2D eigenvalue weighted by atomic mass is 32.2. The van der Waals surface area contributed by atoms with Crippen LogP contribution in [-0.2, 0) is 11.3 Å². The van der Waals surface area contributed by atoms with E-state index in [2.05, 4.69) is 31.9 Å². The minimum Gasteiger partial charge on any atom is -0.457 e. The Bertz CT molecular complexity index is 1160. The summed E-state index contributed by atoms with van der Waals surface area (Å²) in [7, 11) is 0. The second-order valence-electron chi connectivity index (χ2n) is 7.06. The lowest BCUT2D eigenvalue weighted by Crippen LogP contribution is -2.14. The number of H-pyrrole nitrogens is 1. The molecule has 0 atom stereocenters. The molecule has 0 aliphatic rings. The number of carbonyl (C=O) groups is 1. The van der Waals surface area contributed by atoms with Gasteiger partial charge in [-0.15, -0.1) is 5.10 Å². The molecule has 0 spiro atoms. The number of anilines is 2. The number of rotatable bonds is 9. The molecule has 0 saturated carbocycles. The third-order valence-electron chi connectivity index (χ3n) is 4.44. The molecule has 0 fully saturated rings. The Hall–Kier alpha value is -3.78. The molecule has 0 aliphatic heterocycles. The maximum atomic E-state index is 12.3. The van der Waals surface area contributed by atoms with Gasteiger partial charge in [0, 0.05) is 11.4 Å². The molecule has 7 nitrogen and oxygen atoms in total. The fourth-order valence-corrected chi connectivity index (χ4v) is 3.54. The van der Waals surface area contributed by atoms with E-state index in [0.29, 0.717) is 29.0 Å². The molecule has 162 valence electrons. The van der Waals surface area contributed by atoms with Crippen LogP contribution in [0.4, 0.5) is 11.4 Å². The van der Waals surface area contributed by atoms with Gasteiger partial charge in [0.2, 0.25) is 11.1 Å². The number of para-hydroxylation sites is 1. The second kappa shape index (κ2) is 10.5. The van der Waals surface area contributed by atoms with Gasteiger partial charge >= 0.3 is 0 Å². The molecule has 32 heavy (non-hydrogen) atoms. The van der Waals surface area contributed by atoms with Crippen LogP contribution in [0, 0.1) is 6.92 Å². The normalized spacial score (nSPS) is 10.5. The smallest absolute Gasteiger partial charge is 0.234 e. The van der Waals surface area contributed by atoms with Gasteiger partial charge in [0.15, 0.2) is 0 Å². The molecule has 0 aliphatic carbocycles. The van der Waals surface area contributed by atoms with E-state index in [-0.39, 0.29) is 11.7 Å². The minimum absolute atomic E-state index is 0.129. The van der Waals surface area contributed by atoms with Crippen LogP contribution in [0.25, 0.3) is 0 Å². The minimum atomic E-state index is -0.129. The maximum Gasteiger partial charge on any atom is 0.234 e. The van der Waals surface area contributed by atoms with Crippen LogP contribution < -0.4 is 15.4 Å². The van der Waals surface area contributed by atoms with Crippen molar-refractivity contribution in [2.24, 2.45) is 0 Å². The summed E-state index contributed by atoms with van der Waals surface area (Å²) in [6, 6.07) is 24.9. The first-order valence-corrected chi connectivity index (χ1v) is 11.1. The summed E-state index contributed by atoms with van der Waals surface area (Å²) in [6.45, 7) is 2.58. The number of benzene rings is 3. The van der Waals surface area contributed by atoms with Crippen molar-refractivity contribution in [3.05, 3.63) is 90.3 Å². The zero-order valence-corrected chi connectivity index (χ0v) is 18.4. The van der Waals surface area contributed by atoms with Crippen molar-refractivity contribution in [3.63, 3.8) is 0 Å². The van der Waals surface area contributed by atoms with E-state index < -0.39 is 0 Å². The molecule has 0 saturated heterocycles. The van der Waals surface area contributed by atoms with E-state index in [9.17, 15) is 4.79 Å². The van der Waals surface area contributed by atoms with Gasteiger partial charge in [-0.25, -0.2) is 4.98 Å². The quantitative estimate of drug-likeness (QED) is 0.305. The second-order valence-corrected chi connectivity index (χ2v) is 8.01. The van der Waals surface area contributed by atoms with Crippen LogP contribution in [0.5, 0.6) is 11.5 Å². The molecular formula is C24H23N5O2S. The lowest BCUT2D eigenvalue weighted by Gasteiger charge is -2.07. The number of nitrogens with one attached hydrogen (secondary N) is 3. The molecule has 4 rings (SSSR count). The van der Waals surface area contributed by atoms with Gasteiger partial charge in [0.05, 0.1) is 12.3 Å². The predicted octanol–water partition coefficient (Wildman–Crippen LogP) is 5.25. The Morgan fingerprint density at radius 2 is 1.75 bits per heavy atom. The van der Waals surface area contributed by atoms with Gasteiger partial charge in [-0.2, -0.15) is 0 Å². The number of amides is 1.